The van der Waals surface area contributed by atoms with Gasteiger partial charge in [0.25, 0.3) is 0 Å². The van der Waals surface area contributed by atoms with E-state index < -0.39 is 0 Å². The maximum Gasteiger partial charge on any atom is 0.179 e. The highest BCUT2D eigenvalue weighted by Gasteiger charge is 2.10. The Hall–Kier alpha value is -3.45. The molecule has 0 aliphatic heterocycles. The summed E-state index contributed by atoms with van der Waals surface area (Å²) in [6.07, 6.45) is 11.3. The highest BCUT2D eigenvalue weighted by Crippen LogP contribution is 2.22. The molecule has 0 fully saturated rings. The second kappa shape index (κ2) is 10.4. The predicted octanol–water partition coefficient (Wildman–Crippen LogP) is 6.30. The van der Waals surface area contributed by atoms with Crippen LogP contribution < -0.4 is 4.72 Å². The van der Waals surface area contributed by atoms with E-state index in [0.717, 1.165) is 40.2 Å². The molecule has 6 nitrogen and oxygen atoms in total. The maximum absolute atomic E-state index is 4.85. The monoisotopic (exact) mass is 456 g/mol. The summed E-state index contributed by atoms with van der Waals surface area (Å²) < 4.78 is 4.99. The van der Waals surface area contributed by atoms with Crippen LogP contribution in [0, 0.1) is 6.92 Å². The van der Waals surface area contributed by atoms with Crippen molar-refractivity contribution in [3.63, 3.8) is 0 Å². The SMILES string of the molecule is CC/C(C)=C\C=C/c1cc(Cn2nnc3ccc(-c4ccc(NSC)nc4)nc32)ccc1C. The topological polar surface area (TPSA) is 68.5 Å². The van der Waals surface area contributed by atoms with E-state index in [0.29, 0.717) is 6.54 Å². The standard InChI is InChI=1S/C26H28N6S/c1-5-18(2)7-6-8-21-15-20(10-9-19(21)3)17-32-26-24(29-31-32)13-12-23(28-26)22-11-14-25(27-16-22)30-33-4/h6-16H,5,17H2,1-4H3,(H,27,30)/b8-6-,18-7-. The van der Waals surface area contributed by atoms with Crippen LogP contribution in [0.25, 0.3) is 28.5 Å². The fourth-order valence-corrected chi connectivity index (χ4v) is 3.74. The van der Waals surface area contributed by atoms with Crippen LogP contribution in [0.15, 0.2) is 66.4 Å². The molecule has 7 heteroatoms. The molecule has 0 radical (unpaired) electrons. The van der Waals surface area contributed by atoms with Gasteiger partial charge in [-0.05, 0) is 67.3 Å². The number of pyridine rings is 2. The van der Waals surface area contributed by atoms with Crippen LogP contribution in [0.1, 0.15) is 37.0 Å². The van der Waals surface area contributed by atoms with Crippen molar-refractivity contribution in [1.82, 2.24) is 25.0 Å². The Morgan fingerprint density at radius 2 is 2.03 bits per heavy atom. The van der Waals surface area contributed by atoms with Gasteiger partial charge in [-0.2, -0.15) is 0 Å². The van der Waals surface area contributed by atoms with Crippen LogP contribution in [-0.4, -0.2) is 31.2 Å². The van der Waals surface area contributed by atoms with E-state index >= 15 is 0 Å². The van der Waals surface area contributed by atoms with Crippen LogP contribution in [0.4, 0.5) is 5.82 Å². The van der Waals surface area contributed by atoms with Crippen molar-refractivity contribution in [2.45, 2.75) is 33.7 Å². The van der Waals surface area contributed by atoms with Crippen molar-refractivity contribution in [2.24, 2.45) is 0 Å². The fraction of sp³-hybridized carbons (Fsp3) is 0.231. The highest BCUT2D eigenvalue weighted by atomic mass is 32.2. The lowest BCUT2D eigenvalue weighted by Crippen LogP contribution is -2.04. The minimum absolute atomic E-state index is 0.604. The summed E-state index contributed by atoms with van der Waals surface area (Å²) in [5.74, 6) is 0.823. The summed E-state index contributed by atoms with van der Waals surface area (Å²) in [5.41, 5.74) is 8.31. The molecule has 0 amide bonds. The molecule has 33 heavy (non-hydrogen) atoms. The largest absolute Gasteiger partial charge is 0.315 e. The summed E-state index contributed by atoms with van der Waals surface area (Å²) in [7, 11) is 0. The molecule has 0 spiro atoms. The lowest BCUT2D eigenvalue weighted by atomic mass is 10.0. The quantitative estimate of drug-likeness (QED) is 0.248. The average Bonchev–Trinajstić information content (AvgIpc) is 3.23. The van der Waals surface area contributed by atoms with Gasteiger partial charge in [0.15, 0.2) is 5.65 Å². The summed E-state index contributed by atoms with van der Waals surface area (Å²) >= 11 is 1.52. The number of rotatable bonds is 8. The average molecular weight is 457 g/mol. The first-order valence-electron chi connectivity index (χ1n) is 11.0. The van der Waals surface area contributed by atoms with Crippen molar-refractivity contribution in [2.75, 3.05) is 11.0 Å². The summed E-state index contributed by atoms with van der Waals surface area (Å²) in [6.45, 7) is 7.05. The Labute approximate surface area is 199 Å². The Morgan fingerprint density at radius 1 is 1.15 bits per heavy atom. The van der Waals surface area contributed by atoms with Gasteiger partial charge in [0.2, 0.25) is 0 Å². The molecule has 0 saturated carbocycles. The van der Waals surface area contributed by atoms with Gasteiger partial charge in [-0.25, -0.2) is 14.6 Å². The van der Waals surface area contributed by atoms with E-state index in [4.69, 9.17) is 4.98 Å². The zero-order valence-corrected chi connectivity index (χ0v) is 20.2. The number of aryl methyl sites for hydroxylation is 1. The van der Waals surface area contributed by atoms with Crippen LogP contribution in [-0.2, 0) is 6.54 Å². The Morgan fingerprint density at radius 3 is 2.79 bits per heavy atom. The number of anilines is 1. The van der Waals surface area contributed by atoms with Crippen molar-refractivity contribution < 1.29 is 0 Å². The first-order chi connectivity index (χ1) is 16.1. The number of allylic oxidation sites excluding steroid dienone is 3. The molecule has 0 aliphatic carbocycles. The van der Waals surface area contributed by atoms with Gasteiger partial charge in [0, 0.05) is 18.0 Å². The molecule has 0 bridgehead atoms. The van der Waals surface area contributed by atoms with Gasteiger partial charge in [-0.3, -0.25) is 0 Å². The molecule has 1 N–H and O–H groups in total. The molecule has 1 aromatic carbocycles. The van der Waals surface area contributed by atoms with Gasteiger partial charge in [0.05, 0.1) is 12.2 Å². The zero-order chi connectivity index (χ0) is 23.2. The summed E-state index contributed by atoms with van der Waals surface area (Å²) in [6, 6.07) is 14.4. The van der Waals surface area contributed by atoms with Gasteiger partial charge >= 0.3 is 0 Å². The normalized spacial score (nSPS) is 12.1. The number of benzene rings is 1. The molecule has 0 aliphatic rings. The first-order valence-corrected chi connectivity index (χ1v) is 12.2. The van der Waals surface area contributed by atoms with Crippen molar-refractivity contribution in [3.8, 4) is 11.3 Å². The molecule has 168 valence electrons. The lowest BCUT2D eigenvalue weighted by Gasteiger charge is -2.07. The highest BCUT2D eigenvalue weighted by molar-refractivity contribution is 7.99. The van der Waals surface area contributed by atoms with Crippen molar-refractivity contribution >= 4 is 35.0 Å². The second-order valence-electron chi connectivity index (χ2n) is 7.94. The summed E-state index contributed by atoms with van der Waals surface area (Å²) in [4.78, 5) is 9.29. The third-order valence-corrected chi connectivity index (χ3v) is 5.93. The fourth-order valence-electron chi connectivity index (χ4n) is 3.41. The molecule has 0 atom stereocenters. The Kier molecular flexibility index (Phi) is 7.19. The van der Waals surface area contributed by atoms with Crippen LogP contribution in [0.5, 0.6) is 0 Å². The van der Waals surface area contributed by atoms with E-state index in [1.54, 1.807) is 0 Å². The van der Waals surface area contributed by atoms with Gasteiger partial charge < -0.3 is 4.72 Å². The molecule has 4 rings (SSSR count). The molecule has 3 aromatic heterocycles. The van der Waals surface area contributed by atoms with Gasteiger partial charge in [-0.1, -0.05) is 60.0 Å². The number of hydrogen-bond acceptors (Lipinski definition) is 6. The number of nitrogens with zero attached hydrogens (tertiary/aromatic N) is 5. The molecule has 3 heterocycles. The smallest absolute Gasteiger partial charge is 0.179 e. The minimum atomic E-state index is 0.604. The molecule has 0 unspecified atom stereocenters. The number of aromatic nitrogens is 5. The van der Waals surface area contributed by atoms with E-state index in [9.17, 15) is 0 Å². The Balaban J connectivity index is 1.60. The third kappa shape index (κ3) is 5.49. The molecular weight excluding hydrogens is 428 g/mol. The number of nitrogens with one attached hydrogen (secondary N) is 1. The zero-order valence-electron chi connectivity index (χ0n) is 19.4. The lowest BCUT2D eigenvalue weighted by molar-refractivity contribution is 0.664. The van der Waals surface area contributed by atoms with E-state index in [-0.39, 0.29) is 0 Å². The number of hydrogen-bond donors (Lipinski definition) is 1. The van der Waals surface area contributed by atoms with E-state index in [2.05, 4.69) is 77.2 Å². The minimum Gasteiger partial charge on any atom is -0.315 e. The van der Waals surface area contributed by atoms with Gasteiger partial charge in [-0.15, -0.1) is 5.10 Å². The third-order valence-electron chi connectivity index (χ3n) is 5.52. The molecular formula is C26H28N6S. The first kappa shape index (κ1) is 22.7. The molecule has 4 aromatic rings. The van der Waals surface area contributed by atoms with Gasteiger partial charge in [0.1, 0.15) is 11.3 Å². The van der Waals surface area contributed by atoms with Crippen LogP contribution in [0.2, 0.25) is 0 Å². The summed E-state index contributed by atoms with van der Waals surface area (Å²) in [5, 5.41) is 8.67. The predicted molar refractivity (Wildman–Crippen MR) is 139 cm³/mol. The Bertz CT molecular complexity index is 1300. The van der Waals surface area contributed by atoms with Crippen molar-refractivity contribution in [1.29, 1.82) is 0 Å². The van der Waals surface area contributed by atoms with Crippen LogP contribution in [0.3, 0.4) is 0 Å². The second-order valence-corrected chi connectivity index (χ2v) is 8.55. The number of fused-ring (bicyclic) bond motifs is 1. The molecule has 0 saturated heterocycles. The van der Waals surface area contributed by atoms with E-state index in [1.807, 2.05) is 41.4 Å². The van der Waals surface area contributed by atoms with Crippen LogP contribution >= 0.6 is 11.9 Å². The maximum atomic E-state index is 4.85. The van der Waals surface area contributed by atoms with Crippen molar-refractivity contribution in [3.05, 3.63) is 83.1 Å². The van der Waals surface area contributed by atoms with E-state index in [1.165, 1.54) is 28.6 Å².